The fourth-order valence-corrected chi connectivity index (χ4v) is 2.72. The summed E-state index contributed by atoms with van der Waals surface area (Å²) in [6.45, 7) is 6.17. The molecule has 1 atom stereocenters. The highest BCUT2D eigenvalue weighted by Crippen LogP contribution is 2.31. The lowest BCUT2D eigenvalue weighted by Gasteiger charge is -2.21. The van der Waals surface area contributed by atoms with Gasteiger partial charge >= 0.3 is 5.97 Å². The molecule has 1 amide bonds. The van der Waals surface area contributed by atoms with Gasteiger partial charge in [-0.15, -0.1) is 0 Å². The first-order valence-electron chi connectivity index (χ1n) is 8.86. The number of benzene rings is 1. The highest BCUT2D eigenvalue weighted by atomic mass is 16.5. The second kappa shape index (κ2) is 8.73. The van der Waals surface area contributed by atoms with Crippen molar-refractivity contribution in [2.75, 3.05) is 14.2 Å². The summed E-state index contributed by atoms with van der Waals surface area (Å²) in [6.07, 6.45) is 1.36. The minimum Gasteiger partial charge on any atom is -0.497 e. The molecule has 150 valence electrons. The minimum absolute atomic E-state index is 0.0791. The fraction of sp³-hybridized carbons (Fsp3) is 0.381. The lowest BCUT2D eigenvalue weighted by Crippen LogP contribution is -2.31. The molecule has 2 rings (SSSR count). The molecule has 2 aromatic rings. The Morgan fingerprint density at radius 2 is 1.86 bits per heavy atom. The molecule has 1 aromatic heterocycles. The summed E-state index contributed by atoms with van der Waals surface area (Å²) in [5.74, 6) is -0.494. The molecule has 0 saturated heterocycles. The molecule has 7 nitrogen and oxygen atoms in total. The number of rotatable bonds is 7. The van der Waals surface area contributed by atoms with Crippen LogP contribution < -0.4 is 14.8 Å². The largest absolute Gasteiger partial charge is 0.497 e. The van der Waals surface area contributed by atoms with E-state index >= 15 is 0 Å². The molecule has 2 N–H and O–H groups in total. The number of hydrogen-bond donors (Lipinski definition) is 2. The van der Waals surface area contributed by atoms with Crippen molar-refractivity contribution < 1.29 is 24.2 Å². The third kappa shape index (κ3) is 5.22. The average Bonchev–Trinajstić information content (AvgIpc) is 2.65. The first-order chi connectivity index (χ1) is 13.2. The van der Waals surface area contributed by atoms with Crippen LogP contribution in [0.15, 0.2) is 36.5 Å². The quantitative estimate of drug-likeness (QED) is 0.757. The molecule has 1 aromatic carbocycles. The van der Waals surface area contributed by atoms with Crippen molar-refractivity contribution in [3.8, 4) is 11.5 Å². The summed E-state index contributed by atoms with van der Waals surface area (Å²) in [6, 6.07) is 7.72. The molecular weight excluding hydrogens is 360 g/mol. The normalized spacial score (nSPS) is 12.2. The second-order valence-electron chi connectivity index (χ2n) is 7.41. The third-order valence-corrected chi connectivity index (χ3v) is 4.36. The number of hydrogen-bond acceptors (Lipinski definition) is 5. The van der Waals surface area contributed by atoms with Gasteiger partial charge in [0.05, 0.1) is 26.7 Å². The van der Waals surface area contributed by atoms with E-state index in [0.29, 0.717) is 17.1 Å². The number of carboxylic acids is 1. The average molecular weight is 386 g/mol. The van der Waals surface area contributed by atoms with Crippen LogP contribution in [0.1, 0.15) is 54.8 Å². The van der Waals surface area contributed by atoms with Gasteiger partial charge in [-0.05, 0) is 29.2 Å². The second-order valence-corrected chi connectivity index (χ2v) is 7.41. The van der Waals surface area contributed by atoms with Gasteiger partial charge in [0.2, 0.25) is 0 Å². The van der Waals surface area contributed by atoms with Crippen molar-refractivity contribution in [2.24, 2.45) is 0 Å². The van der Waals surface area contributed by atoms with Crippen LogP contribution in [0, 0.1) is 0 Å². The van der Waals surface area contributed by atoms with Crippen molar-refractivity contribution in [2.45, 2.75) is 38.6 Å². The summed E-state index contributed by atoms with van der Waals surface area (Å²) in [7, 11) is 3.00. The van der Waals surface area contributed by atoms with E-state index in [4.69, 9.17) is 9.47 Å². The molecule has 0 aliphatic rings. The van der Waals surface area contributed by atoms with Gasteiger partial charge in [0.15, 0.2) is 0 Å². The van der Waals surface area contributed by atoms with Gasteiger partial charge in [0, 0.05) is 17.8 Å². The van der Waals surface area contributed by atoms with Crippen LogP contribution in [0.2, 0.25) is 0 Å². The SMILES string of the molecule is COc1ccc(C(CC(=O)O)NC(=O)c2ccc(C(C)(C)C)cn2)c(OC)c1. The Morgan fingerprint density at radius 1 is 1.14 bits per heavy atom. The van der Waals surface area contributed by atoms with E-state index < -0.39 is 17.9 Å². The van der Waals surface area contributed by atoms with Crippen molar-refractivity contribution in [3.05, 3.63) is 53.3 Å². The first-order valence-corrected chi connectivity index (χ1v) is 8.86. The van der Waals surface area contributed by atoms with Gasteiger partial charge < -0.3 is 19.9 Å². The van der Waals surface area contributed by atoms with Crippen LogP contribution in [0.4, 0.5) is 0 Å². The van der Waals surface area contributed by atoms with E-state index in [1.54, 1.807) is 30.5 Å². The van der Waals surface area contributed by atoms with E-state index in [9.17, 15) is 14.7 Å². The molecule has 0 bridgehead atoms. The van der Waals surface area contributed by atoms with Crippen molar-refractivity contribution in [1.82, 2.24) is 10.3 Å². The van der Waals surface area contributed by atoms with E-state index in [1.165, 1.54) is 14.2 Å². The number of ether oxygens (including phenoxy) is 2. The monoisotopic (exact) mass is 386 g/mol. The molecular formula is C21H26N2O5. The Morgan fingerprint density at radius 3 is 2.36 bits per heavy atom. The van der Waals surface area contributed by atoms with Crippen molar-refractivity contribution in [1.29, 1.82) is 0 Å². The molecule has 1 unspecified atom stereocenters. The fourth-order valence-electron chi connectivity index (χ4n) is 2.72. The Balaban J connectivity index is 2.29. The van der Waals surface area contributed by atoms with Gasteiger partial charge in [0.25, 0.3) is 5.91 Å². The van der Waals surface area contributed by atoms with E-state index in [0.717, 1.165) is 5.56 Å². The Bertz CT molecular complexity index is 841. The molecule has 0 saturated carbocycles. The van der Waals surface area contributed by atoms with Crippen LogP contribution in [-0.4, -0.2) is 36.2 Å². The smallest absolute Gasteiger partial charge is 0.305 e. The number of nitrogens with zero attached hydrogens (tertiary/aromatic N) is 1. The Hall–Kier alpha value is -3.09. The van der Waals surface area contributed by atoms with Gasteiger partial charge in [-0.2, -0.15) is 0 Å². The van der Waals surface area contributed by atoms with E-state index in [2.05, 4.69) is 31.1 Å². The summed E-state index contributed by atoms with van der Waals surface area (Å²) in [5, 5.41) is 12.0. The van der Waals surface area contributed by atoms with E-state index in [-0.39, 0.29) is 17.5 Å². The van der Waals surface area contributed by atoms with Crippen LogP contribution >= 0.6 is 0 Å². The molecule has 0 radical (unpaired) electrons. The number of aliphatic carboxylic acids is 1. The molecule has 0 spiro atoms. The van der Waals surface area contributed by atoms with Gasteiger partial charge in [-0.1, -0.05) is 26.8 Å². The number of carboxylic acid groups (broad SMARTS) is 1. The molecule has 0 aliphatic heterocycles. The van der Waals surface area contributed by atoms with E-state index in [1.807, 2.05) is 6.07 Å². The number of amides is 1. The third-order valence-electron chi connectivity index (χ3n) is 4.36. The number of carbonyl (C=O) groups is 2. The van der Waals surface area contributed by atoms with Gasteiger partial charge in [-0.3, -0.25) is 14.6 Å². The maximum Gasteiger partial charge on any atom is 0.305 e. The predicted molar refractivity (Wildman–Crippen MR) is 105 cm³/mol. The molecule has 0 fully saturated rings. The maximum absolute atomic E-state index is 12.7. The summed E-state index contributed by atoms with van der Waals surface area (Å²) in [4.78, 5) is 28.2. The van der Waals surface area contributed by atoms with Crippen molar-refractivity contribution >= 4 is 11.9 Å². The van der Waals surface area contributed by atoms with Gasteiger partial charge in [-0.25, -0.2) is 0 Å². The summed E-state index contributed by atoms with van der Waals surface area (Å²) < 4.78 is 10.5. The highest BCUT2D eigenvalue weighted by Gasteiger charge is 2.23. The number of pyridine rings is 1. The van der Waals surface area contributed by atoms with Crippen LogP contribution in [0.25, 0.3) is 0 Å². The standard InChI is InChI=1S/C21H26N2O5/c1-21(2,3)13-6-9-16(22-12-13)20(26)23-17(11-19(24)25)15-8-7-14(27-4)10-18(15)28-5/h6-10,12,17H,11H2,1-5H3,(H,23,26)(H,24,25). The van der Waals surface area contributed by atoms with Crippen LogP contribution in [0.5, 0.6) is 11.5 Å². The molecule has 1 heterocycles. The predicted octanol–water partition coefficient (Wildman–Crippen LogP) is 3.34. The maximum atomic E-state index is 12.7. The zero-order chi connectivity index (χ0) is 20.9. The molecule has 0 aliphatic carbocycles. The molecule has 28 heavy (non-hydrogen) atoms. The van der Waals surface area contributed by atoms with Crippen molar-refractivity contribution in [3.63, 3.8) is 0 Å². The Labute approximate surface area is 164 Å². The number of aromatic nitrogens is 1. The number of carbonyl (C=O) groups excluding carboxylic acids is 1. The summed E-state index contributed by atoms with van der Waals surface area (Å²) in [5.41, 5.74) is 1.69. The highest BCUT2D eigenvalue weighted by molar-refractivity contribution is 5.92. The zero-order valence-corrected chi connectivity index (χ0v) is 16.8. The number of methoxy groups -OCH3 is 2. The Kier molecular flexibility index (Phi) is 6.62. The lowest BCUT2D eigenvalue weighted by atomic mass is 9.88. The summed E-state index contributed by atoms with van der Waals surface area (Å²) >= 11 is 0. The topological polar surface area (TPSA) is 97.8 Å². The number of nitrogens with one attached hydrogen (secondary N) is 1. The van der Waals surface area contributed by atoms with Crippen LogP contribution in [-0.2, 0) is 10.2 Å². The van der Waals surface area contributed by atoms with Gasteiger partial charge in [0.1, 0.15) is 17.2 Å². The zero-order valence-electron chi connectivity index (χ0n) is 16.8. The first kappa shape index (κ1) is 21.2. The van der Waals surface area contributed by atoms with Crippen LogP contribution in [0.3, 0.4) is 0 Å². The molecule has 7 heteroatoms. The minimum atomic E-state index is -1.04. The lowest BCUT2D eigenvalue weighted by molar-refractivity contribution is -0.137.